The van der Waals surface area contributed by atoms with Gasteiger partial charge in [0, 0.05) is 14.1 Å². The van der Waals surface area contributed by atoms with Crippen LogP contribution in [-0.2, 0) is 14.8 Å². The van der Waals surface area contributed by atoms with Gasteiger partial charge in [0.25, 0.3) is 0 Å². The number of likely N-dealkylation sites (N-methyl/N-ethyl adjacent to an activating group) is 1. The monoisotopic (exact) mass is 260 g/mol. The Kier molecular flexibility index (Phi) is 4.19. The molecule has 0 bridgehead atoms. The first-order valence-electron chi connectivity index (χ1n) is 4.78. The van der Waals surface area contributed by atoms with E-state index in [0.29, 0.717) is 0 Å². The number of hydrogen-bond donors (Lipinski definition) is 1. The Bertz CT molecular complexity index is 497. The SMILES string of the molecule is CN(C)C(=O)CNS(=O)(=O)c1ccc(F)cc1. The van der Waals surface area contributed by atoms with Crippen LogP contribution in [0.3, 0.4) is 0 Å². The molecule has 5 nitrogen and oxygen atoms in total. The molecule has 0 saturated heterocycles. The highest BCUT2D eigenvalue weighted by Gasteiger charge is 2.15. The van der Waals surface area contributed by atoms with Gasteiger partial charge in [-0.1, -0.05) is 0 Å². The van der Waals surface area contributed by atoms with E-state index in [1.54, 1.807) is 0 Å². The summed E-state index contributed by atoms with van der Waals surface area (Å²) in [7, 11) is -0.725. The highest BCUT2D eigenvalue weighted by Crippen LogP contribution is 2.09. The van der Waals surface area contributed by atoms with E-state index in [2.05, 4.69) is 4.72 Å². The highest BCUT2D eigenvalue weighted by atomic mass is 32.2. The van der Waals surface area contributed by atoms with Crippen LogP contribution in [0.4, 0.5) is 4.39 Å². The molecule has 0 fully saturated rings. The van der Waals surface area contributed by atoms with Gasteiger partial charge in [-0.05, 0) is 24.3 Å². The summed E-state index contributed by atoms with van der Waals surface area (Å²) in [4.78, 5) is 12.4. The molecule has 0 aromatic heterocycles. The summed E-state index contributed by atoms with van der Waals surface area (Å²) < 4.78 is 38.1. The maximum absolute atomic E-state index is 12.6. The van der Waals surface area contributed by atoms with E-state index in [-0.39, 0.29) is 17.3 Å². The maximum atomic E-state index is 12.6. The van der Waals surface area contributed by atoms with Crippen LogP contribution < -0.4 is 4.72 Å². The van der Waals surface area contributed by atoms with E-state index in [0.717, 1.165) is 24.3 Å². The van der Waals surface area contributed by atoms with E-state index < -0.39 is 15.8 Å². The zero-order valence-electron chi connectivity index (χ0n) is 9.47. The van der Waals surface area contributed by atoms with Gasteiger partial charge in [0.1, 0.15) is 5.82 Å². The molecule has 1 aromatic rings. The highest BCUT2D eigenvalue weighted by molar-refractivity contribution is 7.89. The molecule has 17 heavy (non-hydrogen) atoms. The lowest BCUT2D eigenvalue weighted by atomic mass is 10.4. The van der Waals surface area contributed by atoms with Gasteiger partial charge in [-0.25, -0.2) is 17.5 Å². The van der Waals surface area contributed by atoms with Gasteiger partial charge >= 0.3 is 0 Å². The van der Waals surface area contributed by atoms with Crippen LogP contribution in [0.15, 0.2) is 29.2 Å². The molecule has 94 valence electrons. The Labute approximate surface area is 99.3 Å². The van der Waals surface area contributed by atoms with Crippen LogP contribution in [0, 0.1) is 5.82 Å². The van der Waals surface area contributed by atoms with Crippen molar-refractivity contribution < 1.29 is 17.6 Å². The summed E-state index contributed by atoms with van der Waals surface area (Å²) in [6.07, 6.45) is 0. The fourth-order valence-electron chi connectivity index (χ4n) is 1.01. The molecule has 0 heterocycles. The van der Waals surface area contributed by atoms with Gasteiger partial charge in [0.15, 0.2) is 0 Å². The lowest BCUT2D eigenvalue weighted by molar-refractivity contribution is -0.127. The molecule has 0 aliphatic carbocycles. The zero-order chi connectivity index (χ0) is 13.1. The minimum atomic E-state index is -3.77. The minimum Gasteiger partial charge on any atom is -0.348 e. The van der Waals surface area contributed by atoms with Crippen LogP contribution >= 0.6 is 0 Å². The number of nitrogens with zero attached hydrogens (tertiary/aromatic N) is 1. The molecule has 7 heteroatoms. The Balaban J connectivity index is 2.76. The average molecular weight is 260 g/mol. The summed E-state index contributed by atoms with van der Waals surface area (Å²) in [6, 6.07) is 4.36. The van der Waals surface area contributed by atoms with E-state index in [1.807, 2.05) is 0 Å². The standard InChI is InChI=1S/C10H13FN2O3S/c1-13(2)10(14)7-12-17(15,16)9-5-3-8(11)4-6-9/h3-6,12H,7H2,1-2H3. The first-order valence-corrected chi connectivity index (χ1v) is 6.26. The van der Waals surface area contributed by atoms with Crippen molar-refractivity contribution in [2.45, 2.75) is 4.90 Å². The summed E-state index contributed by atoms with van der Waals surface area (Å²) >= 11 is 0. The van der Waals surface area contributed by atoms with Crippen molar-refractivity contribution in [3.8, 4) is 0 Å². The third kappa shape index (κ3) is 3.79. The number of sulfonamides is 1. The number of hydrogen-bond acceptors (Lipinski definition) is 3. The number of rotatable bonds is 4. The van der Waals surface area contributed by atoms with Crippen molar-refractivity contribution in [2.75, 3.05) is 20.6 Å². The van der Waals surface area contributed by atoms with Gasteiger partial charge in [-0.3, -0.25) is 4.79 Å². The quantitative estimate of drug-likeness (QED) is 0.840. The molecular formula is C10H13FN2O3S. The smallest absolute Gasteiger partial charge is 0.241 e. The van der Waals surface area contributed by atoms with Crippen molar-refractivity contribution in [3.63, 3.8) is 0 Å². The molecule has 1 rings (SSSR count). The van der Waals surface area contributed by atoms with E-state index in [1.165, 1.54) is 19.0 Å². The van der Waals surface area contributed by atoms with Crippen LogP contribution in [0.25, 0.3) is 0 Å². The predicted octanol–water partition coefficient (Wildman–Crippen LogP) is 0.192. The largest absolute Gasteiger partial charge is 0.348 e. The first-order chi connectivity index (χ1) is 7.83. The van der Waals surface area contributed by atoms with E-state index in [4.69, 9.17) is 0 Å². The van der Waals surface area contributed by atoms with Crippen molar-refractivity contribution in [2.24, 2.45) is 0 Å². The lowest BCUT2D eigenvalue weighted by Gasteiger charge is -2.11. The van der Waals surface area contributed by atoms with Gasteiger partial charge in [0.2, 0.25) is 15.9 Å². The summed E-state index contributed by atoms with van der Waals surface area (Å²) in [5.74, 6) is -0.885. The molecule has 0 unspecified atom stereocenters. The molecular weight excluding hydrogens is 247 g/mol. The zero-order valence-corrected chi connectivity index (χ0v) is 10.3. The van der Waals surface area contributed by atoms with Crippen molar-refractivity contribution in [3.05, 3.63) is 30.1 Å². The summed E-state index contributed by atoms with van der Waals surface area (Å²) in [6.45, 7) is -0.327. The van der Waals surface area contributed by atoms with Gasteiger partial charge in [-0.15, -0.1) is 0 Å². The molecule has 0 aliphatic rings. The molecule has 0 radical (unpaired) electrons. The van der Waals surface area contributed by atoms with Gasteiger partial charge in [-0.2, -0.15) is 0 Å². The second-order valence-corrected chi connectivity index (χ2v) is 5.33. The van der Waals surface area contributed by atoms with Crippen molar-refractivity contribution >= 4 is 15.9 Å². The molecule has 1 amide bonds. The molecule has 1 N–H and O–H groups in total. The maximum Gasteiger partial charge on any atom is 0.241 e. The lowest BCUT2D eigenvalue weighted by Crippen LogP contribution is -2.36. The van der Waals surface area contributed by atoms with Crippen LogP contribution in [0.5, 0.6) is 0 Å². The Morgan fingerprint density at radius 2 is 1.82 bits per heavy atom. The number of benzene rings is 1. The van der Waals surface area contributed by atoms with E-state index >= 15 is 0 Å². The van der Waals surface area contributed by atoms with Crippen molar-refractivity contribution in [1.82, 2.24) is 9.62 Å². The number of carbonyl (C=O) groups is 1. The minimum absolute atomic E-state index is 0.0783. The average Bonchev–Trinajstić information content (AvgIpc) is 2.26. The fraction of sp³-hybridized carbons (Fsp3) is 0.300. The Morgan fingerprint density at radius 3 is 2.29 bits per heavy atom. The number of amides is 1. The van der Waals surface area contributed by atoms with Gasteiger partial charge < -0.3 is 4.90 Å². The Morgan fingerprint density at radius 1 is 1.29 bits per heavy atom. The third-order valence-electron chi connectivity index (χ3n) is 2.04. The van der Waals surface area contributed by atoms with E-state index in [9.17, 15) is 17.6 Å². The Hall–Kier alpha value is -1.47. The number of carbonyl (C=O) groups excluding carboxylic acids is 1. The fourth-order valence-corrected chi connectivity index (χ4v) is 1.99. The number of halogens is 1. The molecule has 0 atom stereocenters. The predicted molar refractivity (Wildman–Crippen MR) is 60.3 cm³/mol. The third-order valence-corrected chi connectivity index (χ3v) is 3.45. The molecule has 0 aliphatic heterocycles. The molecule has 1 aromatic carbocycles. The normalized spacial score (nSPS) is 11.2. The summed E-state index contributed by atoms with van der Waals surface area (Å²) in [5.41, 5.74) is 0. The molecule has 0 saturated carbocycles. The second-order valence-electron chi connectivity index (χ2n) is 3.57. The second kappa shape index (κ2) is 5.24. The summed E-state index contributed by atoms with van der Waals surface area (Å²) in [5, 5.41) is 0. The topological polar surface area (TPSA) is 66.5 Å². The number of nitrogens with one attached hydrogen (secondary N) is 1. The van der Waals surface area contributed by atoms with Gasteiger partial charge in [0.05, 0.1) is 11.4 Å². The van der Waals surface area contributed by atoms with Crippen LogP contribution in [-0.4, -0.2) is 39.9 Å². The van der Waals surface area contributed by atoms with Crippen molar-refractivity contribution in [1.29, 1.82) is 0 Å². The molecule has 0 spiro atoms. The first kappa shape index (κ1) is 13.6. The van der Waals surface area contributed by atoms with Crippen LogP contribution in [0.1, 0.15) is 0 Å². The van der Waals surface area contributed by atoms with Crippen LogP contribution in [0.2, 0.25) is 0 Å².